The molecule has 4 aromatic carbocycles. The van der Waals surface area contributed by atoms with Crippen molar-refractivity contribution in [3.63, 3.8) is 0 Å². The van der Waals surface area contributed by atoms with E-state index in [1.165, 1.54) is 0 Å². The van der Waals surface area contributed by atoms with Crippen LogP contribution >= 0.6 is 0 Å². The second-order valence-electron chi connectivity index (χ2n) is 7.96. The molecule has 0 fully saturated rings. The molecular formula is C28H24BNO2. The van der Waals surface area contributed by atoms with Gasteiger partial charge in [-0.15, -0.1) is 0 Å². The normalized spacial score (nSPS) is 11.9. The lowest BCUT2D eigenvalue weighted by Gasteiger charge is -2.10. The zero-order chi connectivity index (χ0) is 22.1. The smallest absolute Gasteiger partial charge is 0.423 e. The third-order valence-corrected chi connectivity index (χ3v) is 6.01. The minimum atomic E-state index is -1.49. The molecule has 0 spiro atoms. The Labute approximate surface area is 188 Å². The number of hydrogen-bond donors (Lipinski definition) is 2. The van der Waals surface area contributed by atoms with E-state index >= 15 is 0 Å². The van der Waals surface area contributed by atoms with Crippen molar-refractivity contribution in [2.75, 3.05) is 0 Å². The number of aromatic nitrogens is 1. The fraction of sp³-hybridized carbons (Fsp3) is 0.0714. The number of nitrogens with zero attached hydrogens (tertiary/aromatic N) is 1. The quantitative estimate of drug-likeness (QED) is 0.309. The SMILES string of the molecule is CCn1c2ccc(B(O)O)cc2c2cc(C(=Cc3ccccc3)c3ccccc3)ccc21. The third-order valence-electron chi connectivity index (χ3n) is 6.01. The molecule has 32 heavy (non-hydrogen) atoms. The molecule has 4 heteroatoms. The van der Waals surface area contributed by atoms with Gasteiger partial charge < -0.3 is 14.6 Å². The highest BCUT2D eigenvalue weighted by atomic mass is 16.4. The zero-order valence-electron chi connectivity index (χ0n) is 17.9. The van der Waals surface area contributed by atoms with Crippen LogP contribution in [0.4, 0.5) is 0 Å². The Morgan fingerprint density at radius 1 is 0.750 bits per heavy atom. The molecule has 5 aromatic rings. The Morgan fingerprint density at radius 2 is 1.38 bits per heavy atom. The summed E-state index contributed by atoms with van der Waals surface area (Å²) in [5.41, 5.74) is 7.31. The molecule has 1 heterocycles. The van der Waals surface area contributed by atoms with E-state index in [4.69, 9.17) is 0 Å². The predicted molar refractivity (Wildman–Crippen MR) is 135 cm³/mol. The number of aryl methyl sites for hydroxylation is 1. The van der Waals surface area contributed by atoms with E-state index < -0.39 is 7.12 Å². The van der Waals surface area contributed by atoms with Gasteiger partial charge in [0.25, 0.3) is 0 Å². The molecular weight excluding hydrogens is 393 g/mol. The first kappa shape index (κ1) is 20.3. The number of rotatable bonds is 5. The summed E-state index contributed by atoms with van der Waals surface area (Å²) >= 11 is 0. The predicted octanol–water partition coefficient (Wildman–Crippen LogP) is 5.08. The van der Waals surface area contributed by atoms with Crippen LogP contribution in [0.5, 0.6) is 0 Å². The maximum Gasteiger partial charge on any atom is 0.488 e. The summed E-state index contributed by atoms with van der Waals surface area (Å²) in [6.45, 7) is 2.97. The highest BCUT2D eigenvalue weighted by Gasteiger charge is 2.16. The molecule has 0 radical (unpaired) electrons. The second kappa shape index (κ2) is 8.50. The zero-order valence-corrected chi connectivity index (χ0v) is 17.9. The lowest BCUT2D eigenvalue weighted by molar-refractivity contribution is 0.426. The van der Waals surface area contributed by atoms with E-state index in [0.29, 0.717) is 5.46 Å². The van der Waals surface area contributed by atoms with E-state index in [1.807, 2.05) is 36.4 Å². The minimum absolute atomic E-state index is 0.501. The highest BCUT2D eigenvalue weighted by Crippen LogP contribution is 2.33. The van der Waals surface area contributed by atoms with Crippen LogP contribution in [-0.2, 0) is 6.54 Å². The van der Waals surface area contributed by atoms with Gasteiger partial charge in [0.2, 0.25) is 0 Å². The van der Waals surface area contributed by atoms with Gasteiger partial charge in [-0.1, -0.05) is 78.9 Å². The van der Waals surface area contributed by atoms with Crippen LogP contribution in [0.1, 0.15) is 23.6 Å². The molecule has 1 aromatic heterocycles. The molecule has 0 atom stereocenters. The molecule has 0 bridgehead atoms. The van der Waals surface area contributed by atoms with Gasteiger partial charge in [0.1, 0.15) is 0 Å². The Hall–Kier alpha value is -3.60. The minimum Gasteiger partial charge on any atom is -0.423 e. The average Bonchev–Trinajstić information content (AvgIpc) is 3.16. The van der Waals surface area contributed by atoms with Crippen LogP contribution in [0.25, 0.3) is 33.5 Å². The van der Waals surface area contributed by atoms with Gasteiger partial charge >= 0.3 is 7.12 Å². The van der Waals surface area contributed by atoms with E-state index in [-0.39, 0.29) is 0 Å². The first-order chi connectivity index (χ1) is 15.7. The lowest BCUT2D eigenvalue weighted by atomic mass is 9.80. The van der Waals surface area contributed by atoms with Crippen molar-refractivity contribution >= 4 is 46.0 Å². The van der Waals surface area contributed by atoms with Gasteiger partial charge in [-0.05, 0) is 58.9 Å². The standard InChI is InChI=1S/C28H24BNO2/c1-2-30-27-15-13-22(18-25(27)26-19-23(29(31)32)14-16-28(26)30)24(21-11-7-4-8-12-21)17-20-9-5-3-6-10-20/h3-19,31-32H,2H2,1H3. The number of fused-ring (bicyclic) bond motifs is 3. The molecule has 0 aliphatic rings. The van der Waals surface area contributed by atoms with Crippen LogP contribution in [0.15, 0.2) is 97.1 Å². The van der Waals surface area contributed by atoms with Crippen LogP contribution in [-0.4, -0.2) is 21.7 Å². The van der Waals surface area contributed by atoms with Crippen molar-refractivity contribution in [3.05, 3.63) is 114 Å². The van der Waals surface area contributed by atoms with Crippen molar-refractivity contribution < 1.29 is 10.0 Å². The van der Waals surface area contributed by atoms with E-state index in [9.17, 15) is 10.0 Å². The molecule has 0 aliphatic carbocycles. The Bertz CT molecular complexity index is 1420. The van der Waals surface area contributed by atoms with Crippen molar-refractivity contribution in [2.24, 2.45) is 0 Å². The summed E-state index contributed by atoms with van der Waals surface area (Å²) in [7, 11) is -1.49. The Kier molecular flexibility index (Phi) is 5.40. The first-order valence-corrected chi connectivity index (χ1v) is 10.9. The van der Waals surface area contributed by atoms with Gasteiger partial charge in [-0.25, -0.2) is 0 Å². The van der Waals surface area contributed by atoms with E-state index in [0.717, 1.165) is 50.6 Å². The molecule has 0 amide bonds. The maximum absolute atomic E-state index is 9.71. The van der Waals surface area contributed by atoms with Crippen LogP contribution in [0, 0.1) is 0 Å². The molecule has 156 valence electrons. The van der Waals surface area contributed by atoms with E-state index in [1.54, 1.807) is 6.07 Å². The molecule has 2 N–H and O–H groups in total. The largest absolute Gasteiger partial charge is 0.488 e. The van der Waals surface area contributed by atoms with Gasteiger partial charge in [0, 0.05) is 28.4 Å². The summed E-state index contributed by atoms with van der Waals surface area (Å²) in [5.74, 6) is 0. The van der Waals surface area contributed by atoms with Gasteiger partial charge in [0.05, 0.1) is 0 Å². The van der Waals surface area contributed by atoms with Crippen LogP contribution in [0.2, 0.25) is 0 Å². The molecule has 0 saturated carbocycles. The van der Waals surface area contributed by atoms with Crippen LogP contribution < -0.4 is 5.46 Å². The maximum atomic E-state index is 9.71. The monoisotopic (exact) mass is 417 g/mol. The molecule has 3 nitrogen and oxygen atoms in total. The fourth-order valence-corrected chi connectivity index (χ4v) is 4.46. The third kappa shape index (κ3) is 3.64. The summed E-state index contributed by atoms with van der Waals surface area (Å²) in [6.07, 6.45) is 2.22. The topological polar surface area (TPSA) is 45.4 Å². The summed E-state index contributed by atoms with van der Waals surface area (Å²) < 4.78 is 2.27. The second-order valence-corrected chi connectivity index (χ2v) is 7.96. The summed E-state index contributed by atoms with van der Waals surface area (Å²) in [4.78, 5) is 0. The van der Waals surface area contributed by atoms with E-state index in [2.05, 4.69) is 72.2 Å². The van der Waals surface area contributed by atoms with Gasteiger partial charge in [-0.2, -0.15) is 0 Å². The first-order valence-electron chi connectivity index (χ1n) is 10.9. The summed E-state index contributed by atoms with van der Waals surface area (Å²) in [6, 6.07) is 33.0. The molecule has 0 saturated heterocycles. The van der Waals surface area contributed by atoms with Crippen LogP contribution in [0.3, 0.4) is 0 Å². The number of hydrogen-bond acceptors (Lipinski definition) is 2. The Balaban J connectivity index is 1.77. The summed E-state index contributed by atoms with van der Waals surface area (Å²) in [5, 5.41) is 21.6. The molecule has 0 unspecified atom stereocenters. The lowest BCUT2D eigenvalue weighted by Crippen LogP contribution is -2.29. The Morgan fingerprint density at radius 3 is 2.03 bits per heavy atom. The number of benzene rings is 4. The molecule has 0 aliphatic heterocycles. The van der Waals surface area contributed by atoms with Crippen molar-refractivity contribution in [2.45, 2.75) is 13.5 Å². The molecule has 5 rings (SSSR count). The average molecular weight is 417 g/mol. The van der Waals surface area contributed by atoms with Gasteiger partial charge in [0.15, 0.2) is 0 Å². The fourth-order valence-electron chi connectivity index (χ4n) is 4.46. The highest BCUT2D eigenvalue weighted by molar-refractivity contribution is 6.59. The van der Waals surface area contributed by atoms with Crippen molar-refractivity contribution in [1.29, 1.82) is 0 Å². The van der Waals surface area contributed by atoms with Gasteiger partial charge in [-0.3, -0.25) is 0 Å². The van der Waals surface area contributed by atoms with Crippen molar-refractivity contribution in [3.8, 4) is 0 Å². The van der Waals surface area contributed by atoms with Crippen molar-refractivity contribution in [1.82, 2.24) is 4.57 Å².